The average Bonchev–Trinajstić information content (AvgIpc) is 3.27. The first-order valence-electron chi connectivity index (χ1n) is 14.0. The zero-order chi connectivity index (χ0) is 26.3. The van der Waals surface area contributed by atoms with Gasteiger partial charge < -0.3 is 10.0 Å². The van der Waals surface area contributed by atoms with Crippen molar-refractivity contribution >= 4 is 28.4 Å². The molecule has 5 rings (SSSR count). The molecule has 0 radical (unpaired) electrons. The lowest BCUT2D eigenvalue weighted by Gasteiger charge is -2.35. The molecule has 1 fully saturated rings. The van der Waals surface area contributed by atoms with Crippen LogP contribution in [-0.4, -0.2) is 40.9 Å². The lowest BCUT2D eigenvalue weighted by atomic mass is 9.70. The van der Waals surface area contributed by atoms with Crippen LogP contribution in [0.3, 0.4) is 0 Å². The van der Waals surface area contributed by atoms with E-state index in [2.05, 4.69) is 80.6 Å². The highest BCUT2D eigenvalue weighted by molar-refractivity contribution is 6.32. The maximum absolute atomic E-state index is 13.6. The smallest absolute Gasteiger partial charge is 0.213 e. The number of ketones is 1. The maximum atomic E-state index is 13.6. The van der Waals surface area contributed by atoms with Crippen LogP contribution in [-0.2, 0) is 10.2 Å². The molecule has 3 aliphatic rings. The van der Waals surface area contributed by atoms with E-state index in [0.717, 1.165) is 46.9 Å². The van der Waals surface area contributed by atoms with E-state index in [1.807, 2.05) is 18.2 Å². The minimum Gasteiger partial charge on any atom is -0.387 e. The highest BCUT2D eigenvalue weighted by Gasteiger charge is 2.50. The summed E-state index contributed by atoms with van der Waals surface area (Å²) in [6, 6.07) is 16.7. The van der Waals surface area contributed by atoms with Crippen LogP contribution >= 0.6 is 0 Å². The number of benzene rings is 2. The van der Waals surface area contributed by atoms with Gasteiger partial charge in [-0.1, -0.05) is 82.9 Å². The van der Waals surface area contributed by atoms with Crippen molar-refractivity contribution in [1.82, 2.24) is 0 Å². The maximum Gasteiger partial charge on any atom is 0.213 e. The van der Waals surface area contributed by atoms with Crippen LogP contribution in [0, 0.1) is 5.92 Å². The van der Waals surface area contributed by atoms with Crippen LogP contribution in [0.15, 0.2) is 65.9 Å². The molecule has 37 heavy (non-hydrogen) atoms. The normalized spacial score (nSPS) is 25.1. The number of unbranched alkanes of at least 4 members (excludes halogenated alkanes) is 5. The number of nitrogens with zero attached hydrogens (tertiary/aromatic N) is 2. The third-order valence-corrected chi connectivity index (χ3v) is 8.72. The second kappa shape index (κ2) is 10.1. The Morgan fingerprint density at radius 3 is 2.41 bits per heavy atom. The van der Waals surface area contributed by atoms with Gasteiger partial charge in [0.25, 0.3) is 0 Å². The zero-order valence-electron chi connectivity index (χ0n) is 23.1. The molecule has 0 amide bonds. The summed E-state index contributed by atoms with van der Waals surface area (Å²) in [6.07, 6.45) is 8.73. The summed E-state index contributed by atoms with van der Waals surface area (Å²) in [5.41, 5.74) is 8.12. The van der Waals surface area contributed by atoms with Crippen molar-refractivity contribution in [3.8, 4) is 0 Å². The van der Waals surface area contributed by atoms with Gasteiger partial charge in [-0.05, 0) is 24.1 Å². The highest BCUT2D eigenvalue weighted by Crippen LogP contribution is 2.49. The minimum atomic E-state index is -0.792. The molecule has 194 valence electrons. The first kappa shape index (κ1) is 25.7. The Labute approximate surface area is 222 Å². The van der Waals surface area contributed by atoms with Gasteiger partial charge in [0.2, 0.25) is 5.69 Å². The number of Topliss-reactive ketones (excluding diaryl/α,β-unsaturated/α-hetero) is 1. The van der Waals surface area contributed by atoms with Gasteiger partial charge in [-0.2, -0.15) is 4.58 Å². The van der Waals surface area contributed by atoms with Gasteiger partial charge in [-0.15, -0.1) is 0 Å². The van der Waals surface area contributed by atoms with Gasteiger partial charge in [-0.25, -0.2) is 0 Å². The predicted octanol–water partition coefficient (Wildman–Crippen LogP) is 6.79. The summed E-state index contributed by atoms with van der Waals surface area (Å²) >= 11 is 0. The van der Waals surface area contributed by atoms with E-state index in [1.165, 1.54) is 37.7 Å². The van der Waals surface area contributed by atoms with Crippen LogP contribution in [0.25, 0.3) is 5.57 Å². The number of carbonyl (C=O) groups excluding carboxylic acids is 1. The Bertz CT molecular complexity index is 1310. The number of carbonyl (C=O) groups is 1. The number of likely N-dealkylation sites (N-methyl/N-ethyl adjacent to an activating group) is 1. The van der Waals surface area contributed by atoms with E-state index >= 15 is 0 Å². The monoisotopic (exact) mass is 497 g/mol. The summed E-state index contributed by atoms with van der Waals surface area (Å²) in [4.78, 5) is 15.8. The van der Waals surface area contributed by atoms with Crippen molar-refractivity contribution in [2.75, 3.05) is 18.5 Å². The van der Waals surface area contributed by atoms with Crippen molar-refractivity contribution in [3.05, 3.63) is 77.0 Å². The summed E-state index contributed by atoms with van der Waals surface area (Å²) < 4.78 is 2.35. The van der Waals surface area contributed by atoms with Gasteiger partial charge in [0, 0.05) is 48.8 Å². The standard InChI is InChI=1S/C33H41N2O2/c1-6-7-8-9-10-15-20-35-22(2)29(23-16-11-13-18-26(23)35)30-31(36)24(32(30)37)21-28-33(3,4)25-17-12-14-19-27(25)34(28)5/h11-14,16-19,21,24,31,36H,6-10,15,20H2,1-5H3/q+1. The van der Waals surface area contributed by atoms with Crippen molar-refractivity contribution in [2.45, 2.75) is 77.7 Å². The van der Waals surface area contributed by atoms with Crippen LogP contribution in [0.5, 0.6) is 0 Å². The molecule has 2 aliphatic heterocycles. The third kappa shape index (κ3) is 4.20. The molecule has 2 unspecified atom stereocenters. The van der Waals surface area contributed by atoms with Crippen molar-refractivity contribution in [1.29, 1.82) is 0 Å². The molecule has 1 saturated carbocycles. The molecule has 2 heterocycles. The molecule has 0 bridgehead atoms. The number of allylic oxidation sites excluding steroid dienone is 2. The molecule has 2 aromatic rings. The van der Waals surface area contributed by atoms with E-state index in [9.17, 15) is 9.90 Å². The fourth-order valence-electron chi connectivity index (χ4n) is 6.57. The van der Waals surface area contributed by atoms with Gasteiger partial charge in [0.05, 0.1) is 23.2 Å². The molecule has 2 atom stereocenters. The lowest BCUT2D eigenvalue weighted by molar-refractivity contribution is -0.438. The fraction of sp³-hybridized carbons (Fsp3) is 0.455. The molecular weight excluding hydrogens is 456 g/mol. The Morgan fingerprint density at radius 2 is 1.68 bits per heavy atom. The van der Waals surface area contributed by atoms with Crippen LogP contribution in [0.1, 0.15) is 77.3 Å². The molecule has 1 aliphatic carbocycles. The van der Waals surface area contributed by atoms with Crippen molar-refractivity contribution in [3.63, 3.8) is 0 Å². The Morgan fingerprint density at radius 1 is 1.00 bits per heavy atom. The van der Waals surface area contributed by atoms with Gasteiger partial charge in [0.15, 0.2) is 11.5 Å². The first-order chi connectivity index (χ1) is 17.8. The number of aliphatic hydroxyl groups is 1. The summed E-state index contributed by atoms with van der Waals surface area (Å²) in [5.74, 6) is -0.466. The van der Waals surface area contributed by atoms with Crippen molar-refractivity contribution in [2.24, 2.45) is 5.92 Å². The number of rotatable bonds is 8. The number of hydrogen-bond donors (Lipinski definition) is 1. The Balaban J connectivity index is 1.43. The summed E-state index contributed by atoms with van der Waals surface area (Å²) in [7, 11) is 2.06. The Hall–Kier alpha value is -2.98. The van der Waals surface area contributed by atoms with Gasteiger partial charge in [0.1, 0.15) is 6.54 Å². The second-order valence-corrected chi connectivity index (χ2v) is 11.4. The summed E-state index contributed by atoms with van der Waals surface area (Å²) in [6.45, 7) is 9.69. The molecule has 0 spiro atoms. The van der Waals surface area contributed by atoms with E-state index in [0.29, 0.717) is 5.57 Å². The summed E-state index contributed by atoms with van der Waals surface area (Å²) in [5, 5.41) is 11.4. The van der Waals surface area contributed by atoms with Crippen molar-refractivity contribution < 1.29 is 14.5 Å². The van der Waals surface area contributed by atoms with E-state index in [4.69, 9.17) is 0 Å². The van der Waals surface area contributed by atoms with E-state index < -0.39 is 12.0 Å². The fourth-order valence-corrected chi connectivity index (χ4v) is 6.57. The molecule has 2 aromatic carbocycles. The number of para-hydroxylation sites is 2. The number of hydrogen-bond acceptors (Lipinski definition) is 3. The van der Waals surface area contributed by atoms with Crippen LogP contribution in [0.2, 0.25) is 0 Å². The molecule has 4 heteroatoms. The average molecular weight is 498 g/mol. The number of aliphatic hydroxyl groups excluding tert-OH is 1. The van der Waals surface area contributed by atoms with Gasteiger partial charge >= 0.3 is 0 Å². The lowest BCUT2D eigenvalue weighted by Crippen LogP contribution is -2.46. The van der Waals surface area contributed by atoms with E-state index in [1.54, 1.807) is 0 Å². The SMILES string of the molecule is CCCCCCCC[N+]1=C(C)C(=C2C(=O)C(C=C3N(C)c4ccccc4C3(C)C)C2O)c2ccccc21. The minimum absolute atomic E-state index is 0.0470. The number of fused-ring (bicyclic) bond motifs is 2. The van der Waals surface area contributed by atoms with Crippen LogP contribution in [0.4, 0.5) is 11.4 Å². The number of anilines is 1. The topological polar surface area (TPSA) is 43.5 Å². The van der Waals surface area contributed by atoms with Crippen LogP contribution < -0.4 is 4.90 Å². The zero-order valence-corrected chi connectivity index (χ0v) is 23.1. The van der Waals surface area contributed by atoms with Gasteiger partial charge in [-0.3, -0.25) is 4.79 Å². The van der Waals surface area contributed by atoms with E-state index in [-0.39, 0.29) is 11.2 Å². The molecule has 0 aromatic heterocycles. The molecular formula is C33H41N2O2+. The highest BCUT2D eigenvalue weighted by atomic mass is 16.3. The molecule has 4 nitrogen and oxygen atoms in total. The Kier molecular flexibility index (Phi) is 6.97. The third-order valence-electron chi connectivity index (χ3n) is 8.72. The second-order valence-electron chi connectivity index (χ2n) is 11.4. The molecule has 1 N–H and O–H groups in total. The quantitative estimate of drug-likeness (QED) is 0.248. The predicted molar refractivity (Wildman–Crippen MR) is 153 cm³/mol. The molecule has 0 saturated heterocycles. The largest absolute Gasteiger partial charge is 0.387 e. The first-order valence-corrected chi connectivity index (χ1v) is 14.0.